The third kappa shape index (κ3) is 4.54. The molecule has 0 aliphatic carbocycles. The molecule has 0 radical (unpaired) electrons. The number of sulfone groups is 1. The molecule has 1 aromatic rings. The van der Waals surface area contributed by atoms with Crippen molar-refractivity contribution in [3.63, 3.8) is 0 Å². The van der Waals surface area contributed by atoms with Crippen molar-refractivity contribution < 1.29 is 8.42 Å². The average molecular weight is 300 g/mol. The maximum Gasteiger partial charge on any atom is 0.175 e. The van der Waals surface area contributed by atoms with Gasteiger partial charge >= 0.3 is 0 Å². The second-order valence-electron chi connectivity index (χ2n) is 4.38. The number of hydrogen-bond donors (Lipinski definition) is 1. The quantitative estimate of drug-likeness (QED) is 0.822. The van der Waals surface area contributed by atoms with Crippen LogP contribution in [0.25, 0.3) is 0 Å². The summed E-state index contributed by atoms with van der Waals surface area (Å²) >= 11 is 6.08. The molecule has 0 bridgehead atoms. The Bertz CT molecular complexity index is 576. The molecule has 3 nitrogen and oxygen atoms in total. The molecule has 0 aliphatic rings. The fourth-order valence-electron chi connectivity index (χ4n) is 1.82. The zero-order valence-corrected chi connectivity index (χ0v) is 12.7. The first-order chi connectivity index (χ1) is 8.90. The van der Waals surface area contributed by atoms with Gasteiger partial charge in [0.05, 0.1) is 10.9 Å². The normalized spacial score (nSPS) is 12.9. The minimum atomic E-state index is -3.30. The van der Waals surface area contributed by atoms with E-state index in [1.807, 2.05) is 6.92 Å². The fourth-order valence-corrected chi connectivity index (χ4v) is 3.07. The van der Waals surface area contributed by atoms with E-state index in [4.69, 9.17) is 18.0 Å². The van der Waals surface area contributed by atoms with E-state index in [2.05, 4.69) is 11.2 Å². The van der Waals surface area contributed by atoms with Crippen LogP contribution >= 0.6 is 11.6 Å². The van der Waals surface area contributed by atoms with Gasteiger partial charge in [-0.2, -0.15) is 0 Å². The summed E-state index contributed by atoms with van der Waals surface area (Å²) in [5.41, 5.74) is 0.572. The van der Waals surface area contributed by atoms with E-state index < -0.39 is 9.84 Å². The first-order valence-electron chi connectivity index (χ1n) is 6.07. The molecule has 0 saturated heterocycles. The van der Waals surface area contributed by atoms with Crippen LogP contribution in [-0.2, 0) is 16.4 Å². The van der Waals surface area contributed by atoms with Crippen molar-refractivity contribution in [2.75, 3.05) is 6.26 Å². The van der Waals surface area contributed by atoms with E-state index in [1.54, 1.807) is 18.2 Å². The molecule has 0 saturated carbocycles. The van der Waals surface area contributed by atoms with Gasteiger partial charge in [0.2, 0.25) is 0 Å². The van der Waals surface area contributed by atoms with Gasteiger partial charge in [-0.15, -0.1) is 6.42 Å². The summed E-state index contributed by atoms with van der Waals surface area (Å²) in [6, 6.07) is 4.79. The second kappa shape index (κ2) is 6.95. The van der Waals surface area contributed by atoms with Crippen LogP contribution in [0.5, 0.6) is 0 Å². The molecule has 19 heavy (non-hydrogen) atoms. The predicted octanol–water partition coefficient (Wildman–Crippen LogP) is 2.64. The van der Waals surface area contributed by atoms with Crippen LogP contribution in [0.4, 0.5) is 0 Å². The maximum absolute atomic E-state index is 11.7. The minimum absolute atomic E-state index is 0.0753. The highest BCUT2D eigenvalue weighted by Gasteiger charge is 2.16. The van der Waals surface area contributed by atoms with Crippen molar-refractivity contribution >= 4 is 21.4 Å². The Morgan fingerprint density at radius 3 is 2.68 bits per heavy atom. The zero-order valence-electron chi connectivity index (χ0n) is 11.1. The molecule has 0 aromatic heterocycles. The van der Waals surface area contributed by atoms with Gasteiger partial charge in [-0.1, -0.05) is 36.9 Å². The van der Waals surface area contributed by atoms with Gasteiger partial charge in [-0.25, -0.2) is 8.42 Å². The second-order valence-corrected chi connectivity index (χ2v) is 6.77. The van der Waals surface area contributed by atoms with Crippen molar-refractivity contribution in [2.45, 2.75) is 37.2 Å². The van der Waals surface area contributed by atoms with Crippen LogP contribution in [0, 0.1) is 12.3 Å². The van der Waals surface area contributed by atoms with E-state index in [-0.39, 0.29) is 10.9 Å². The number of benzene rings is 1. The Balaban J connectivity index is 2.98. The molecule has 0 spiro atoms. The van der Waals surface area contributed by atoms with Crippen LogP contribution in [0.2, 0.25) is 5.02 Å². The molecular formula is C14H18ClNO2S. The number of rotatable bonds is 6. The highest BCUT2D eigenvalue weighted by molar-refractivity contribution is 7.90. The van der Waals surface area contributed by atoms with Crippen LogP contribution in [0.1, 0.15) is 25.3 Å². The first-order valence-corrected chi connectivity index (χ1v) is 8.34. The van der Waals surface area contributed by atoms with E-state index in [9.17, 15) is 8.42 Å². The summed E-state index contributed by atoms with van der Waals surface area (Å²) in [5.74, 6) is 2.65. The predicted molar refractivity (Wildman–Crippen MR) is 78.9 cm³/mol. The summed E-state index contributed by atoms with van der Waals surface area (Å²) in [6.07, 6.45) is 8.40. The van der Waals surface area contributed by atoms with Crippen LogP contribution in [-0.4, -0.2) is 20.7 Å². The molecule has 104 valence electrons. The van der Waals surface area contributed by atoms with Crippen molar-refractivity contribution in [3.05, 3.63) is 28.8 Å². The lowest BCUT2D eigenvalue weighted by molar-refractivity contribution is 0.557. The number of hydrogen-bond acceptors (Lipinski definition) is 3. The Hall–Kier alpha value is -1.02. The Morgan fingerprint density at radius 2 is 2.16 bits per heavy atom. The van der Waals surface area contributed by atoms with Gasteiger partial charge in [-0.05, 0) is 18.6 Å². The lowest BCUT2D eigenvalue weighted by Gasteiger charge is -2.15. The standard InChI is InChI=1S/C14H18ClNO2S/c1-4-7-11(5-2)16-10-12-13(15)8-6-9-14(12)19(3,17)18/h2,6,8-9,11,16H,4,7,10H2,1,3H3. The molecule has 1 unspecified atom stereocenters. The summed E-state index contributed by atoms with van der Waals surface area (Å²) in [6.45, 7) is 2.39. The Labute approximate surface area is 120 Å². The topological polar surface area (TPSA) is 46.2 Å². The van der Waals surface area contributed by atoms with Crippen LogP contribution in [0.3, 0.4) is 0 Å². The molecule has 0 heterocycles. The fraction of sp³-hybridized carbons (Fsp3) is 0.429. The van der Waals surface area contributed by atoms with Crippen LogP contribution in [0.15, 0.2) is 23.1 Å². The van der Waals surface area contributed by atoms with Crippen molar-refractivity contribution in [3.8, 4) is 12.3 Å². The van der Waals surface area contributed by atoms with Gasteiger partial charge in [0.1, 0.15) is 0 Å². The molecule has 0 fully saturated rings. The molecule has 0 aliphatic heterocycles. The number of nitrogens with one attached hydrogen (secondary N) is 1. The van der Waals surface area contributed by atoms with E-state index >= 15 is 0 Å². The van der Waals surface area contributed by atoms with Gasteiger partial charge < -0.3 is 0 Å². The average Bonchev–Trinajstić information content (AvgIpc) is 2.34. The largest absolute Gasteiger partial charge is 0.299 e. The van der Waals surface area contributed by atoms with Gasteiger partial charge in [0, 0.05) is 23.4 Å². The van der Waals surface area contributed by atoms with Crippen molar-refractivity contribution in [1.82, 2.24) is 5.32 Å². The van der Waals surface area contributed by atoms with E-state index in [1.165, 1.54) is 6.26 Å². The molecule has 1 atom stereocenters. The van der Waals surface area contributed by atoms with Gasteiger partial charge in [0.15, 0.2) is 9.84 Å². The lowest BCUT2D eigenvalue weighted by atomic mass is 10.1. The lowest BCUT2D eigenvalue weighted by Crippen LogP contribution is -2.27. The SMILES string of the molecule is C#CC(CCC)NCc1c(Cl)cccc1S(C)(=O)=O. The van der Waals surface area contributed by atoms with Gasteiger partial charge in [0.25, 0.3) is 0 Å². The molecule has 1 N–H and O–H groups in total. The summed E-state index contributed by atoms with van der Waals surface area (Å²) in [4.78, 5) is 0.250. The smallest absolute Gasteiger partial charge is 0.175 e. The molecule has 1 aromatic carbocycles. The summed E-state index contributed by atoms with van der Waals surface area (Å²) in [7, 11) is -3.30. The Kier molecular flexibility index (Phi) is 5.86. The molecule has 0 amide bonds. The monoisotopic (exact) mass is 299 g/mol. The first kappa shape index (κ1) is 16.0. The van der Waals surface area contributed by atoms with Crippen LogP contribution < -0.4 is 5.32 Å². The molecule has 1 rings (SSSR count). The number of halogens is 1. The summed E-state index contributed by atoms with van der Waals surface area (Å²) in [5, 5.41) is 3.59. The highest BCUT2D eigenvalue weighted by atomic mass is 35.5. The molecule has 5 heteroatoms. The zero-order chi connectivity index (χ0) is 14.5. The highest BCUT2D eigenvalue weighted by Crippen LogP contribution is 2.24. The van der Waals surface area contributed by atoms with E-state index in [0.717, 1.165) is 12.8 Å². The third-order valence-corrected chi connectivity index (χ3v) is 4.31. The van der Waals surface area contributed by atoms with E-state index in [0.29, 0.717) is 17.1 Å². The maximum atomic E-state index is 11.7. The Morgan fingerprint density at radius 1 is 1.47 bits per heavy atom. The van der Waals surface area contributed by atoms with Crippen molar-refractivity contribution in [2.24, 2.45) is 0 Å². The third-order valence-electron chi connectivity index (χ3n) is 2.78. The summed E-state index contributed by atoms with van der Waals surface area (Å²) < 4.78 is 23.4. The number of terminal acetylenes is 1. The van der Waals surface area contributed by atoms with Crippen molar-refractivity contribution in [1.29, 1.82) is 0 Å². The minimum Gasteiger partial charge on any atom is -0.299 e. The van der Waals surface area contributed by atoms with Gasteiger partial charge in [-0.3, -0.25) is 5.32 Å². The molecular weight excluding hydrogens is 282 g/mol.